The molecular weight excluding hydrogens is 328 g/mol. The third-order valence-electron chi connectivity index (χ3n) is 4.44. The zero-order chi connectivity index (χ0) is 18.4. The highest BCUT2D eigenvalue weighted by Crippen LogP contribution is 2.24. The van der Waals surface area contributed by atoms with Crippen molar-refractivity contribution >= 4 is 17.5 Å². The number of hydrogen-bond acceptors (Lipinski definition) is 3. The highest BCUT2D eigenvalue weighted by Gasteiger charge is 2.16. The molecule has 5 nitrogen and oxygen atoms in total. The van der Waals surface area contributed by atoms with Crippen molar-refractivity contribution < 1.29 is 14.3 Å². The second-order valence-corrected chi connectivity index (χ2v) is 6.44. The van der Waals surface area contributed by atoms with E-state index in [1.165, 1.54) is 12.8 Å². The van der Waals surface area contributed by atoms with Crippen LogP contribution in [0.1, 0.15) is 53.3 Å². The fourth-order valence-electron chi connectivity index (χ4n) is 3.09. The topological polar surface area (TPSA) is 67.4 Å². The van der Waals surface area contributed by atoms with Gasteiger partial charge in [-0.25, -0.2) is 0 Å². The van der Waals surface area contributed by atoms with Crippen molar-refractivity contribution in [2.45, 2.75) is 38.7 Å². The van der Waals surface area contributed by atoms with E-state index in [-0.39, 0.29) is 11.8 Å². The standard InChI is InChI=1S/C21H24N2O3/c1-2-22-20(24)16-6-5-7-17(14-16)23-21(25)15-10-12-19(13-11-15)26-18-8-3-4-9-18/h5-7,10-14,18H,2-4,8-9H2,1H3,(H,22,24)(H,23,25). The first-order valence-corrected chi connectivity index (χ1v) is 9.12. The Labute approximate surface area is 153 Å². The van der Waals surface area contributed by atoms with Crippen molar-refractivity contribution in [2.75, 3.05) is 11.9 Å². The Kier molecular flexibility index (Phi) is 5.89. The molecule has 5 heteroatoms. The van der Waals surface area contributed by atoms with Gasteiger partial charge in [-0.1, -0.05) is 6.07 Å². The monoisotopic (exact) mass is 352 g/mol. The van der Waals surface area contributed by atoms with Gasteiger partial charge in [0.15, 0.2) is 0 Å². The van der Waals surface area contributed by atoms with Crippen molar-refractivity contribution in [2.24, 2.45) is 0 Å². The smallest absolute Gasteiger partial charge is 0.255 e. The summed E-state index contributed by atoms with van der Waals surface area (Å²) in [6, 6.07) is 14.1. The summed E-state index contributed by atoms with van der Waals surface area (Å²) < 4.78 is 5.92. The highest BCUT2D eigenvalue weighted by atomic mass is 16.5. The van der Waals surface area contributed by atoms with E-state index >= 15 is 0 Å². The van der Waals surface area contributed by atoms with Crippen LogP contribution in [-0.4, -0.2) is 24.5 Å². The number of rotatable bonds is 6. The molecule has 2 aromatic rings. The quantitative estimate of drug-likeness (QED) is 0.825. The lowest BCUT2D eigenvalue weighted by atomic mass is 10.1. The van der Waals surface area contributed by atoms with Crippen LogP contribution in [0, 0.1) is 0 Å². The molecular formula is C21H24N2O3. The average molecular weight is 352 g/mol. The molecule has 2 aromatic carbocycles. The molecule has 0 unspecified atom stereocenters. The van der Waals surface area contributed by atoms with E-state index in [0.717, 1.165) is 18.6 Å². The number of amides is 2. The molecule has 0 spiro atoms. The van der Waals surface area contributed by atoms with Crippen LogP contribution in [0.15, 0.2) is 48.5 Å². The first kappa shape index (κ1) is 18.0. The van der Waals surface area contributed by atoms with Gasteiger partial charge in [-0.3, -0.25) is 9.59 Å². The molecule has 26 heavy (non-hydrogen) atoms. The normalized spacial score (nSPS) is 14.0. The Morgan fingerprint density at radius 1 is 1.00 bits per heavy atom. The predicted octanol–water partition coefficient (Wildman–Crippen LogP) is 4.01. The van der Waals surface area contributed by atoms with Gasteiger partial charge in [0, 0.05) is 23.4 Å². The summed E-state index contributed by atoms with van der Waals surface area (Å²) in [7, 11) is 0. The van der Waals surface area contributed by atoms with E-state index in [0.29, 0.717) is 29.5 Å². The largest absolute Gasteiger partial charge is 0.490 e. The maximum atomic E-state index is 12.4. The summed E-state index contributed by atoms with van der Waals surface area (Å²) in [6.45, 7) is 2.42. The maximum Gasteiger partial charge on any atom is 0.255 e. The minimum absolute atomic E-state index is 0.156. The van der Waals surface area contributed by atoms with Gasteiger partial charge in [0.25, 0.3) is 11.8 Å². The fraction of sp³-hybridized carbons (Fsp3) is 0.333. The second-order valence-electron chi connectivity index (χ2n) is 6.44. The van der Waals surface area contributed by atoms with Crippen molar-refractivity contribution in [1.82, 2.24) is 5.32 Å². The van der Waals surface area contributed by atoms with Crippen LogP contribution >= 0.6 is 0 Å². The van der Waals surface area contributed by atoms with Crippen LogP contribution in [-0.2, 0) is 0 Å². The van der Waals surface area contributed by atoms with E-state index < -0.39 is 0 Å². The summed E-state index contributed by atoms with van der Waals surface area (Å²) in [5.74, 6) is 0.425. The SMILES string of the molecule is CCNC(=O)c1cccc(NC(=O)c2ccc(OC3CCCC3)cc2)c1. The average Bonchev–Trinajstić information content (AvgIpc) is 3.16. The van der Waals surface area contributed by atoms with E-state index in [1.807, 2.05) is 19.1 Å². The zero-order valence-electron chi connectivity index (χ0n) is 15.0. The third-order valence-corrected chi connectivity index (χ3v) is 4.44. The van der Waals surface area contributed by atoms with Crippen molar-refractivity contribution in [1.29, 1.82) is 0 Å². The molecule has 0 atom stereocenters. The number of nitrogens with one attached hydrogen (secondary N) is 2. The Balaban J connectivity index is 1.62. The molecule has 1 fully saturated rings. The molecule has 0 heterocycles. The van der Waals surface area contributed by atoms with Crippen molar-refractivity contribution in [3.05, 3.63) is 59.7 Å². The highest BCUT2D eigenvalue weighted by molar-refractivity contribution is 6.05. The van der Waals surface area contributed by atoms with Crippen LogP contribution in [0.2, 0.25) is 0 Å². The van der Waals surface area contributed by atoms with Gasteiger partial charge < -0.3 is 15.4 Å². The van der Waals surface area contributed by atoms with E-state index in [1.54, 1.807) is 36.4 Å². The molecule has 2 amide bonds. The van der Waals surface area contributed by atoms with Gasteiger partial charge in [0.05, 0.1) is 6.10 Å². The van der Waals surface area contributed by atoms with Crippen LogP contribution in [0.4, 0.5) is 5.69 Å². The Morgan fingerprint density at radius 2 is 1.73 bits per heavy atom. The molecule has 1 aliphatic carbocycles. The van der Waals surface area contributed by atoms with Gasteiger partial charge in [0.2, 0.25) is 0 Å². The van der Waals surface area contributed by atoms with E-state index in [4.69, 9.17) is 4.74 Å². The molecule has 0 aromatic heterocycles. The van der Waals surface area contributed by atoms with E-state index in [9.17, 15) is 9.59 Å². The fourth-order valence-corrected chi connectivity index (χ4v) is 3.09. The number of carbonyl (C=O) groups excluding carboxylic acids is 2. The van der Waals surface area contributed by atoms with Gasteiger partial charge in [-0.15, -0.1) is 0 Å². The van der Waals surface area contributed by atoms with E-state index in [2.05, 4.69) is 10.6 Å². The maximum absolute atomic E-state index is 12.4. The lowest BCUT2D eigenvalue weighted by Crippen LogP contribution is -2.22. The first-order valence-electron chi connectivity index (χ1n) is 9.12. The molecule has 0 radical (unpaired) electrons. The predicted molar refractivity (Wildman–Crippen MR) is 102 cm³/mol. The minimum Gasteiger partial charge on any atom is -0.490 e. The van der Waals surface area contributed by atoms with Crippen molar-refractivity contribution in [3.63, 3.8) is 0 Å². The number of hydrogen-bond donors (Lipinski definition) is 2. The molecule has 0 aliphatic heterocycles. The van der Waals surface area contributed by atoms with Gasteiger partial charge in [-0.05, 0) is 75.1 Å². The summed E-state index contributed by atoms with van der Waals surface area (Å²) in [5.41, 5.74) is 1.65. The second kappa shape index (κ2) is 8.52. The number of carbonyl (C=O) groups is 2. The van der Waals surface area contributed by atoms with Crippen molar-refractivity contribution in [3.8, 4) is 5.75 Å². The third kappa shape index (κ3) is 4.63. The number of benzene rings is 2. The Hall–Kier alpha value is -2.82. The molecule has 2 N–H and O–H groups in total. The zero-order valence-corrected chi connectivity index (χ0v) is 15.0. The molecule has 3 rings (SSSR count). The Morgan fingerprint density at radius 3 is 2.42 bits per heavy atom. The van der Waals surface area contributed by atoms with Crippen LogP contribution < -0.4 is 15.4 Å². The van der Waals surface area contributed by atoms with Gasteiger partial charge in [0.1, 0.15) is 5.75 Å². The molecule has 1 saturated carbocycles. The molecule has 0 bridgehead atoms. The van der Waals surface area contributed by atoms with Gasteiger partial charge in [-0.2, -0.15) is 0 Å². The molecule has 136 valence electrons. The van der Waals surface area contributed by atoms with Crippen LogP contribution in [0.25, 0.3) is 0 Å². The minimum atomic E-state index is -0.217. The number of anilines is 1. The lowest BCUT2D eigenvalue weighted by Gasteiger charge is -2.13. The Bertz CT molecular complexity index is 765. The van der Waals surface area contributed by atoms with Crippen LogP contribution in [0.3, 0.4) is 0 Å². The summed E-state index contributed by atoms with van der Waals surface area (Å²) in [6.07, 6.45) is 4.95. The summed E-state index contributed by atoms with van der Waals surface area (Å²) >= 11 is 0. The summed E-state index contributed by atoms with van der Waals surface area (Å²) in [5, 5.41) is 5.57. The summed E-state index contributed by atoms with van der Waals surface area (Å²) in [4.78, 5) is 24.3. The van der Waals surface area contributed by atoms with Gasteiger partial charge >= 0.3 is 0 Å². The lowest BCUT2D eigenvalue weighted by molar-refractivity contribution is 0.0954. The first-order chi connectivity index (χ1) is 12.7. The van der Waals surface area contributed by atoms with Crippen LogP contribution in [0.5, 0.6) is 5.75 Å². The molecule has 0 saturated heterocycles. The molecule has 1 aliphatic rings. The number of ether oxygens (including phenoxy) is 1.